The highest BCUT2D eigenvalue weighted by atomic mass is 19.1. The van der Waals surface area contributed by atoms with Gasteiger partial charge in [-0.15, -0.1) is 0 Å². The lowest BCUT2D eigenvalue weighted by molar-refractivity contribution is 0.00333. The Morgan fingerprint density at radius 2 is 1.95 bits per heavy atom. The lowest BCUT2D eigenvalue weighted by atomic mass is 9.85. The number of alkyl halides is 1. The Morgan fingerprint density at radius 3 is 2.65 bits per heavy atom. The number of aryl methyl sites for hydroxylation is 1. The molecule has 1 N–H and O–H groups in total. The molecule has 1 aromatic carbocycles. The molecule has 0 bridgehead atoms. The molecule has 216 valence electrons. The topological polar surface area (TPSA) is 115 Å². The van der Waals surface area contributed by atoms with Crippen molar-refractivity contribution in [2.45, 2.75) is 57.9 Å². The number of rotatable bonds is 5. The summed E-state index contributed by atoms with van der Waals surface area (Å²) < 4.78 is 33.7. The number of likely N-dealkylation sites (tertiary alicyclic amines) is 1. The van der Waals surface area contributed by atoms with Gasteiger partial charge >= 0.3 is 12.1 Å². The number of piperidine rings is 1. The van der Waals surface area contributed by atoms with Crippen LogP contribution in [0.15, 0.2) is 24.4 Å². The molecule has 12 heteroatoms. The summed E-state index contributed by atoms with van der Waals surface area (Å²) in [5.41, 5.74) is 2.00. The minimum Gasteiger partial charge on any atom is -0.467 e. The van der Waals surface area contributed by atoms with Crippen LogP contribution < -0.4 is 9.64 Å². The number of halogens is 1. The van der Waals surface area contributed by atoms with Crippen molar-refractivity contribution in [2.75, 3.05) is 51.4 Å². The fraction of sp³-hybridized carbons (Fsp3) is 0.571. The maximum Gasteiger partial charge on any atom is 0.410 e. The summed E-state index contributed by atoms with van der Waals surface area (Å²) in [4.78, 5) is 25.0. The van der Waals surface area contributed by atoms with Crippen molar-refractivity contribution in [3.63, 3.8) is 0 Å². The zero-order valence-corrected chi connectivity index (χ0v) is 23.6. The van der Waals surface area contributed by atoms with Crippen molar-refractivity contribution in [2.24, 2.45) is 0 Å². The fourth-order valence-electron chi connectivity index (χ4n) is 5.33. The van der Waals surface area contributed by atoms with Gasteiger partial charge in [-0.05, 0) is 57.4 Å². The summed E-state index contributed by atoms with van der Waals surface area (Å²) >= 11 is 0. The summed E-state index contributed by atoms with van der Waals surface area (Å²) in [6, 6.07) is 6.00. The standard InChI is InChI=1S/C28H37FN6O5/c1-17-10-18-13-30-35(25-12-24(31-26(32-25)38-5)33-8-9-39-19(14-33)16-36)23(18)11-21(17)20-6-7-34(15-22(20)29)27(37)40-28(2,3)4/h10-13,19-20,22,36H,6-9,14-16H2,1-5H3/t19-,20-,22-/m0/s1. The Bertz CT molecular complexity index is 1380. The van der Waals surface area contributed by atoms with E-state index in [9.17, 15) is 9.90 Å². The van der Waals surface area contributed by atoms with E-state index in [0.717, 1.165) is 22.0 Å². The molecule has 0 spiro atoms. The highest BCUT2D eigenvalue weighted by molar-refractivity contribution is 5.82. The number of carbonyl (C=O) groups is 1. The van der Waals surface area contributed by atoms with E-state index in [4.69, 9.17) is 14.2 Å². The van der Waals surface area contributed by atoms with Crippen molar-refractivity contribution in [1.82, 2.24) is 24.6 Å². The van der Waals surface area contributed by atoms with Crippen LogP contribution in [0.1, 0.15) is 44.2 Å². The van der Waals surface area contributed by atoms with Gasteiger partial charge in [0.1, 0.15) is 17.6 Å². The van der Waals surface area contributed by atoms with E-state index in [1.54, 1.807) is 31.6 Å². The van der Waals surface area contributed by atoms with Gasteiger partial charge in [-0.3, -0.25) is 0 Å². The molecule has 2 saturated heterocycles. The first-order chi connectivity index (χ1) is 19.1. The van der Waals surface area contributed by atoms with Crippen LogP contribution in [0, 0.1) is 6.92 Å². The number of anilines is 1. The van der Waals surface area contributed by atoms with Crippen molar-refractivity contribution >= 4 is 22.8 Å². The Morgan fingerprint density at radius 1 is 1.18 bits per heavy atom. The Labute approximate surface area is 232 Å². The van der Waals surface area contributed by atoms with Crippen LogP contribution in [0.2, 0.25) is 0 Å². The number of hydrogen-bond donors (Lipinski definition) is 1. The zero-order chi connectivity index (χ0) is 28.6. The molecule has 0 unspecified atom stereocenters. The van der Waals surface area contributed by atoms with E-state index in [1.165, 1.54) is 12.0 Å². The predicted molar refractivity (Wildman–Crippen MR) is 147 cm³/mol. The lowest BCUT2D eigenvalue weighted by Crippen LogP contribution is -2.46. The normalized spacial score (nSPS) is 22.0. The number of carbonyl (C=O) groups excluding carboxylic acids is 1. The van der Waals surface area contributed by atoms with Crippen LogP contribution in [-0.2, 0) is 9.47 Å². The number of morpholine rings is 1. The Kier molecular flexibility index (Phi) is 7.83. The van der Waals surface area contributed by atoms with Gasteiger partial charge in [0, 0.05) is 37.0 Å². The number of methoxy groups -OCH3 is 1. The van der Waals surface area contributed by atoms with E-state index in [-0.39, 0.29) is 31.2 Å². The summed E-state index contributed by atoms with van der Waals surface area (Å²) in [5, 5.41) is 15.1. The Balaban J connectivity index is 1.45. The smallest absolute Gasteiger partial charge is 0.410 e. The van der Waals surface area contributed by atoms with Gasteiger partial charge in [-0.2, -0.15) is 15.1 Å². The average Bonchev–Trinajstić information content (AvgIpc) is 3.34. The first-order valence-corrected chi connectivity index (χ1v) is 13.6. The number of ether oxygens (including phenoxy) is 3. The van der Waals surface area contributed by atoms with Crippen LogP contribution in [-0.4, -0.2) is 100 Å². The van der Waals surface area contributed by atoms with Crippen molar-refractivity contribution in [1.29, 1.82) is 0 Å². The first kappa shape index (κ1) is 28.0. The summed E-state index contributed by atoms with van der Waals surface area (Å²) in [5.74, 6) is 0.777. The summed E-state index contributed by atoms with van der Waals surface area (Å²) in [6.07, 6.45) is 0.215. The van der Waals surface area contributed by atoms with Gasteiger partial charge < -0.3 is 29.1 Å². The van der Waals surface area contributed by atoms with Gasteiger partial charge in [0.05, 0.1) is 44.7 Å². The van der Waals surface area contributed by atoms with Crippen LogP contribution in [0.25, 0.3) is 16.7 Å². The molecule has 3 aromatic rings. The SMILES string of the molecule is COc1nc(N2CCO[C@H](CO)C2)cc(-n2ncc3cc(C)c([C@@H]4CCN(C(=O)OC(C)(C)C)C[C@@H]4F)cc32)n1. The van der Waals surface area contributed by atoms with Crippen molar-refractivity contribution < 1.29 is 28.5 Å². The summed E-state index contributed by atoms with van der Waals surface area (Å²) in [6.45, 7) is 9.26. The third-order valence-corrected chi connectivity index (χ3v) is 7.29. The van der Waals surface area contributed by atoms with Gasteiger partial charge in [-0.25, -0.2) is 13.9 Å². The van der Waals surface area contributed by atoms with E-state index in [2.05, 4.69) is 15.1 Å². The number of benzene rings is 1. The molecule has 0 aliphatic carbocycles. The molecule has 2 aliphatic rings. The number of hydrogen-bond acceptors (Lipinski definition) is 9. The van der Waals surface area contributed by atoms with Crippen molar-refractivity contribution in [3.8, 4) is 11.8 Å². The van der Waals surface area contributed by atoms with E-state index < -0.39 is 17.9 Å². The highest BCUT2D eigenvalue weighted by Gasteiger charge is 2.35. The molecule has 2 aromatic heterocycles. The minimum absolute atomic E-state index is 0.0167. The van der Waals surface area contributed by atoms with Crippen LogP contribution >= 0.6 is 0 Å². The second-order valence-corrected chi connectivity index (χ2v) is 11.4. The number of aliphatic hydroxyl groups excluding tert-OH is 1. The molecule has 3 atom stereocenters. The third-order valence-electron chi connectivity index (χ3n) is 7.29. The zero-order valence-electron chi connectivity index (χ0n) is 23.6. The predicted octanol–water partition coefficient (Wildman–Crippen LogP) is 3.39. The van der Waals surface area contributed by atoms with E-state index in [0.29, 0.717) is 44.3 Å². The Hall–Kier alpha value is -3.51. The molecule has 2 fully saturated rings. The van der Waals surface area contributed by atoms with E-state index >= 15 is 4.39 Å². The molecule has 0 saturated carbocycles. The number of nitrogens with zero attached hydrogens (tertiary/aromatic N) is 6. The number of aliphatic hydroxyl groups is 1. The van der Waals surface area contributed by atoms with Gasteiger partial charge in [0.15, 0.2) is 5.82 Å². The quantitative estimate of drug-likeness (QED) is 0.505. The number of aromatic nitrogens is 4. The second kappa shape index (κ2) is 11.2. The van der Waals surface area contributed by atoms with Crippen LogP contribution in [0.4, 0.5) is 15.0 Å². The highest BCUT2D eigenvalue weighted by Crippen LogP contribution is 2.36. The molecule has 2 aliphatic heterocycles. The number of amides is 1. The second-order valence-electron chi connectivity index (χ2n) is 11.4. The largest absolute Gasteiger partial charge is 0.467 e. The van der Waals surface area contributed by atoms with Gasteiger partial charge in [-0.1, -0.05) is 0 Å². The third kappa shape index (κ3) is 5.83. The molecule has 5 rings (SSSR count). The first-order valence-electron chi connectivity index (χ1n) is 13.6. The molecule has 0 radical (unpaired) electrons. The molecule has 11 nitrogen and oxygen atoms in total. The van der Waals surface area contributed by atoms with Crippen LogP contribution in [0.3, 0.4) is 0 Å². The van der Waals surface area contributed by atoms with Gasteiger partial charge in [0.2, 0.25) is 0 Å². The monoisotopic (exact) mass is 556 g/mol. The molecular formula is C28H37FN6O5. The lowest BCUT2D eigenvalue weighted by Gasteiger charge is -2.36. The fourth-order valence-corrected chi connectivity index (χ4v) is 5.33. The average molecular weight is 557 g/mol. The maximum atomic E-state index is 15.6. The van der Waals surface area contributed by atoms with Crippen molar-refractivity contribution in [3.05, 3.63) is 35.5 Å². The molecule has 4 heterocycles. The van der Waals surface area contributed by atoms with E-state index in [1.807, 2.05) is 30.0 Å². The maximum absolute atomic E-state index is 15.6. The molecular weight excluding hydrogens is 519 g/mol. The molecule has 1 amide bonds. The van der Waals surface area contributed by atoms with Gasteiger partial charge in [0.25, 0.3) is 0 Å². The molecule has 40 heavy (non-hydrogen) atoms. The summed E-state index contributed by atoms with van der Waals surface area (Å²) in [7, 11) is 1.51. The van der Waals surface area contributed by atoms with Crippen LogP contribution in [0.5, 0.6) is 6.01 Å². The minimum atomic E-state index is -1.24. The number of fused-ring (bicyclic) bond motifs is 1.